The molecule has 0 amide bonds. The number of hydrogen-bond acceptors (Lipinski definition) is 6. The zero-order valence-electron chi connectivity index (χ0n) is 9.29. The molecule has 0 spiro atoms. The van der Waals surface area contributed by atoms with Crippen LogP contribution < -0.4 is 0 Å². The van der Waals surface area contributed by atoms with E-state index in [1.165, 1.54) is 24.8 Å². The molecule has 0 atom stereocenters. The van der Waals surface area contributed by atoms with Gasteiger partial charge in [0.15, 0.2) is 11.6 Å². The van der Waals surface area contributed by atoms with E-state index in [0.717, 1.165) is 6.08 Å². The molecule has 0 saturated carbocycles. The van der Waals surface area contributed by atoms with Gasteiger partial charge in [-0.15, -0.1) is 0 Å². The zero-order chi connectivity index (χ0) is 13.8. The first-order valence-electron chi connectivity index (χ1n) is 4.96. The van der Waals surface area contributed by atoms with Crippen molar-refractivity contribution in [2.75, 3.05) is 0 Å². The first-order valence-corrected chi connectivity index (χ1v) is 6.55. The summed E-state index contributed by atoms with van der Waals surface area (Å²) in [6.07, 6.45) is 6.80. The highest BCUT2D eigenvalue weighted by Gasteiger charge is 2.10. The van der Waals surface area contributed by atoms with Crippen LogP contribution in [0.25, 0.3) is 5.76 Å². The van der Waals surface area contributed by atoms with Crippen LogP contribution in [0.15, 0.2) is 39.8 Å². The molecule has 2 aromatic heterocycles. The van der Waals surface area contributed by atoms with E-state index in [9.17, 15) is 9.90 Å². The van der Waals surface area contributed by atoms with Gasteiger partial charge in [-0.3, -0.25) is 4.79 Å². The molecule has 0 saturated heterocycles. The number of aliphatic hydroxyl groups excluding tert-OH is 1. The second kappa shape index (κ2) is 5.98. The summed E-state index contributed by atoms with van der Waals surface area (Å²) in [5, 5.41) is 9.73. The minimum absolute atomic E-state index is 0.0214. The Morgan fingerprint density at radius 1 is 0.947 bits per heavy atom. The maximum atomic E-state index is 11.8. The molecule has 2 aromatic rings. The maximum absolute atomic E-state index is 11.8. The van der Waals surface area contributed by atoms with Crippen molar-refractivity contribution in [3.63, 3.8) is 0 Å². The van der Waals surface area contributed by atoms with E-state index in [0.29, 0.717) is 8.95 Å². The molecule has 6 nitrogen and oxygen atoms in total. The molecule has 0 aliphatic carbocycles. The number of hydrogen-bond donors (Lipinski definition) is 1. The number of carbonyl (C=O) groups is 1. The lowest BCUT2D eigenvalue weighted by atomic mass is 10.3. The van der Waals surface area contributed by atoms with Crippen molar-refractivity contribution in [2.24, 2.45) is 0 Å². The Bertz CT molecular complexity index is 626. The van der Waals surface area contributed by atoms with E-state index < -0.39 is 5.78 Å². The predicted octanol–water partition coefficient (Wildman–Crippen LogP) is 2.57. The minimum atomic E-state index is -0.531. The smallest absolute Gasteiger partial charge is 0.226 e. The van der Waals surface area contributed by atoms with E-state index in [-0.39, 0.29) is 17.4 Å². The first kappa shape index (κ1) is 13.8. The quantitative estimate of drug-likeness (QED) is 0.496. The highest BCUT2D eigenvalue weighted by Crippen LogP contribution is 2.11. The van der Waals surface area contributed by atoms with E-state index in [1.54, 1.807) is 0 Å². The van der Waals surface area contributed by atoms with Gasteiger partial charge in [0.2, 0.25) is 11.6 Å². The summed E-state index contributed by atoms with van der Waals surface area (Å²) in [5.41, 5.74) is 0. The molecule has 0 aliphatic heterocycles. The number of carbonyl (C=O) groups excluding carboxylic acids is 1. The zero-order valence-corrected chi connectivity index (χ0v) is 12.5. The number of aromatic nitrogens is 4. The molecule has 19 heavy (non-hydrogen) atoms. The Kier molecular flexibility index (Phi) is 4.33. The van der Waals surface area contributed by atoms with E-state index in [2.05, 4.69) is 51.8 Å². The van der Waals surface area contributed by atoms with Crippen molar-refractivity contribution in [2.45, 2.75) is 0 Å². The Morgan fingerprint density at radius 2 is 1.37 bits per heavy atom. The fourth-order valence-corrected chi connectivity index (χ4v) is 1.55. The van der Waals surface area contributed by atoms with Gasteiger partial charge in [-0.25, -0.2) is 19.9 Å². The van der Waals surface area contributed by atoms with Crippen LogP contribution in [0.3, 0.4) is 0 Å². The van der Waals surface area contributed by atoms with E-state index in [1.807, 2.05) is 0 Å². The minimum Gasteiger partial charge on any atom is -0.504 e. The van der Waals surface area contributed by atoms with Crippen LogP contribution in [-0.4, -0.2) is 30.8 Å². The van der Waals surface area contributed by atoms with Crippen molar-refractivity contribution < 1.29 is 9.90 Å². The molecule has 96 valence electrons. The summed E-state index contributed by atoms with van der Waals surface area (Å²) in [4.78, 5) is 27.1. The Labute approximate surface area is 124 Å². The average Bonchev–Trinajstić information content (AvgIpc) is 2.40. The summed E-state index contributed by atoms with van der Waals surface area (Å²) >= 11 is 6.33. The van der Waals surface area contributed by atoms with Crippen molar-refractivity contribution in [3.8, 4) is 0 Å². The number of nitrogens with zero attached hydrogens (tertiary/aromatic N) is 4. The van der Waals surface area contributed by atoms with Gasteiger partial charge >= 0.3 is 0 Å². The molecule has 2 heterocycles. The van der Waals surface area contributed by atoms with Gasteiger partial charge < -0.3 is 5.11 Å². The van der Waals surface area contributed by atoms with Crippen molar-refractivity contribution in [1.82, 2.24) is 19.9 Å². The highest BCUT2D eigenvalue weighted by molar-refractivity contribution is 9.10. The predicted molar refractivity (Wildman–Crippen MR) is 74.4 cm³/mol. The number of ketones is 1. The molecule has 0 bridgehead atoms. The van der Waals surface area contributed by atoms with Crippen LogP contribution in [0.4, 0.5) is 0 Å². The maximum Gasteiger partial charge on any atom is 0.226 e. The molecular weight excluding hydrogens is 380 g/mol. The Balaban J connectivity index is 2.22. The van der Waals surface area contributed by atoms with Crippen LogP contribution in [0.2, 0.25) is 0 Å². The van der Waals surface area contributed by atoms with E-state index >= 15 is 0 Å². The third-order valence-electron chi connectivity index (χ3n) is 1.96. The van der Waals surface area contributed by atoms with Gasteiger partial charge in [-0.05, 0) is 31.9 Å². The highest BCUT2D eigenvalue weighted by atomic mass is 79.9. The fourth-order valence-electron chi connectivity index (χ4n) is 1.14. The summed E-state index contributed by atoms with van der Waals surface area (Å²) in [6, 6.07) is 0. The van der Waals surface area contributed by atoms with Crippen LogP contribution in [0.5, 0.6) is 0 Å². The largest absolute Gasteiger partial charge is 0.504 e. The summed E-state index contributed by atoms with van der Waals surface area (Å²) in [5.74, 6) is -0.846. The average molecular weight is 386 g/mol. The van der Waals surface area contributed by atoms with Crippen molar-refractivity contribution >= 4 is 43.4 Å². The number of rotatable bonds is 3. The molecule has 2 rings (SSSR count). The molecule has 0 fully saturated rings. The molecule has 0 aliphatic rings. The lowest BCUT2D eigenvalue weighted by Crippen LogP contribution is -2.03. The van der Waals surface area contributed by atoms with Crippen LogP contribution >= 0.6 is 31.9 Å². The molecule has 8 heteroatoms. The second-order valence-electron chi connectivity index (χ2n) is 3.34. The molecule has 0 unspecified atom stereocenters. The monoisotopic (exact) mass is 384 g/mol. The van der Waals surface area contributed by atoms with Crippen molar-refractivity contribution in [3.05, 3.63) is 51.5 Å². The third kappa shape index (κ3) is 3.65. The fraction of sp³-hybridized carbons (Fsp3) is 0. The summed E-state index contributed by atoms with van der Waals surface area (Å²) in [7, 11) is 0. The summed E-state index contributed by atoms with van der Waals surface area (Å²) < 4.78 is 1.33. The van der Waals surface area contributed by atoms with Crippen LogP contribution in [0.1, 0.15) is 16.4 Å². The van der Waals surface area contributed by atoms with Gasteiger partial charge in [0.1, 0.15) is 0 Å². The standard InChI is InChI=1S/C11H6Br2N4O2/c12-6-2-14-10(15-3-6)8(18)1-9(19)11-16-4-7(13)5-17-11/h1-5,18H. The molecule has 0 aromatic carbocycles. The number of halogens is 2. The number of aliphatic hydroxyl groups is 1. The second-order valence-corrected chi connectivity index (χ2v) is 5.17. The Hall–Kier alpha value is -1.67. The van der Waals surface area contributed by atoms with Gasteiger partial charge in [-0.1, -0.05) is 0 Å². The van der Waals surface area contributed by atoms with Gasteiger partial charge in [-0.2, -0.15) is 0 Å². The van der Waals surface area contributed by atoms with Crippen LogP contribution in [0, 0.1) is 0 Å². The van der Waals surface area contributed by atoms with Gasteiger partial charge in [0.25, 0.3) is 0 Å². The first-order chi connectivity index (χ1) is 9.06. The van der Waals surface area contributed by atoms with Gasteiger partial charge in [0.05, 0.1) is 8.95 Å². The lowest BCUT2D eigenvalue weighted by molar-refractivity contribution is 0.103. The number of allylic oxidation sites excluding steroid dienone is 1. The molecule has 1 N–H and O–H groups in total. The molecular formula is C11H6Br2N4O2. The lowest BCUT2D eigenvalue weighted by Gasteiger charge is -1.98. The topological polar surface area (TPSA) is 88.9 Å². The van der Waals surface area contributed by atoms with E-state index in [4.69, 9.17) is 0 Å². The van der Waals surface area contributed by atoms with Crippen LogP contribution in [-0.2, 0) is 0 Å². The molecule has 0 radical (unpaired) electrons. The summed E-state index contributed by atoms with van der Waals surface area (Å²) in [6.45, 7) is 0. The Morgan fingerprint density at radius 3 is 1.84 bits per heavy atom. The normalized spacial score (nSPS) is 11.4. The SMILES string of the molecule is O=C(C=C(O)c1ncc(Br)cn1)c1ncc(Br)cn1. The van der Waals surface area contributed by atoms with Gasteiger partial charge in [0, 0.05) is 30.9 Å². The third-order valence-corrected chi connectivity index (χ3v) is 2.78. The van der Waals surface area contributed by atoms with Crippen molar-refractivity contribution in [1.29, 1.82) is 0 Å².